The van der Waals surface area contributed by atoms with Crippen molar-refractivity contribution in [2.45, 2.75) is 83.0 Å². The molecule has 1 aliphatic carbocycles. The molecule has 11 heteroatoms. The van der Waals surface area contributed by atoms with Crippen molar-refractivity contribution in [1.82, 2.24) is 5.32 Å². The van der Waals surface area contributed by atoms with Gasteiger partial charge in [0.2, 0.25) is 5.91 Å². The monoisotopic (exact) mass is 576 g/mol. The Hall–Kier alpha value is -3.44. The van der Waals surface area contributed by atoms with Gasteiger partial charge in [-0.05, 0) is 63.4 Å². The van der Waals surface area contributed by atoms with E-state index in [9.17, 15) is 29.9 Å². The molecule has 1 aromatic carbocycles. The van der Waals surface area contributed by atoms with Crippen LogP contribution in [0.5, 0.6) is 0 Å². The molecule has 0 radical (unpaired) electrons. The van der Waals surface area contributed by atoms with E-state index in [4.69, 9.17) is 9.47 Å². The number of rotatable bonds is 19. The van der Waals surface area contributed by atoms with Gasteiger partial charge in [-0.15, -0.1) is 10.1 Å². The molecular formula is C30H44N2O9. The summed E-state index contributed by atoms with van der Waals surface area (Å²) in [6.07, 6.45) is 9.22. The van der Waals surface area contributed by atoms with Gasteiger partial charge in [0.25, 0.3) is 5.09 Å². The zero-order valence-corrected chi connectivity index (χ0v) is 23.8. The normalized spacial score (nSPS) is 21.1. The summed E-state index contributed by atoms with van der Waals surface area (Å²) < 4.78 is 10.7. The third-order valence-corrected chi connectivity index (χ3v) is 6.95. The van der Waals surface area contributed by atoms with Crippen molar-refractivity contribution in [3.8, 4) is 0 Å². The van der Waals surface area contributed by atoms with Crippen LogP contribution in [0.25, 0.3) is 0 Å². The van der Waals surface area contributed by atoms with Crippen LogP contribution in [0, 0.1) is 22.0 Å². The van der Waals surface area contributed by atoms with E-state index in [0.717, 1.165) is 18.4 Å². The number of carbonyl (C=O) groups is 2. The summed E-state index contributed by atoms with van der Waals surface area (Å²) in [4.78, 5) is 38.4. The van der Waals surface area contributed by atoms with Crippen LogP contribution in [0.3, 0.4) is 0 Å². The Morgan fingerprint density at radius 3 is 2.66 bits per heavy atom. The van der Waals surface area contributed by atoms with Crippen LogP contribution in [0.15, 0.2) is 54.6 Å². The average molecular weight is 577 g/mol. The molecular weight excluding hydrogens is 532 g/mol. The van der Waals surface area contributed by atoms with E-state index in [2.05, 4.69) is 10.2 Å². The molecule has 0 aliphatic heterocycles. The maximum atomic E-state index is 12.3. The summed E-state index contributed by atoms with van der Waals surface area (Å²) in [7, 11) is 0. The molecule has 228 valence electrons. The van der Waals surface area contributed by atoms with Gasteiger partial charge in [-0.25, -0.2) is 4.79 Å². The Balaban J connectivity index is 1.93. The van der Waals surface area contributed by atoms with Gasteiger partial charge in [0.1, 0.15) is 6.10 Å². The SMILES string of the molecule is CCNC(=O)CCCC=CC[C@H]1C(O)CC(OC(=O)OCCCCO[N+](=O)[O-])[C@@H]1C=C[C@@H](O)CCc1ccccc1. The fraction of sp³-hybridized carbons (Fsp3) is 0.600. The number of allylic oxidation sites excluding steroid dienone is 2. The van der Waals surface area contributed by atoms with Gasteiger partial charge in [0.15, 0.2) is 0 Å². The Kier molecular flexibility index (Phi) is 16.1. The fourth-order valence-corrected chi connectivity index (χ4v) is 4.82. The van der Waals surface area contributed by atoms with Crippen LogP contribution in [0.1, 0.15) is 63.9 Å². The van der Waals surface area contributed by atoms with E-state index in [0.29, 0.717) is 45.1 Å². The number of nitrogens with one attached hydrogen (secondary N) is 1. The van der Waals surface area contributed by atoms with Crippen molar-refractivity contribution < 1.29 is 39.2 Å². The van der Waals surface area contributed by atoms with Gasteiger partial charge >= 0.3 is 6.16 Å². The second-order valence-corrected chi connectivity index (χ2v) is 10.1. The first-order chi connectivity index (χ1) is 19.8. The lowest BCUT2D eigenvalue weighted by Gasteiger charge is -2.22. The standard InChI is InChI=1S/C30H44N2O9/c1-2-31-29(35)15-9-4-3-8-14-25-26(19-18-24(33)17-16-23-12-6-5-7-13-23)28(22-27(25)34)41-30(36)39-20-10-11-21-40-32(37)38/h3,5-8,12-13,18-19,24-28,33-34H,2,4,9-11,14-17,20-22H2,1H3,(H,31,35)/t24-,25+,26+,27?,28?/m0/s1. The first-order valence-electron chi connectivity index (χ1n) is 14.4. The summed E-state index contributed by atoms with van der Waals surface area (Å²) in [5, 5.41) is 33.5. The molecule has 2 rings (SSSR count). The number of benzene rings is 1. The Morgan fingerprint density at radius 2 is 1.93 bits per heavy atom. The lowest BCUT2D eigenvalue weighted by Crippen LogP contribution is -2.25. The largest absolute Gasteiger partial charge is 0.508 e. The average Bonchev–Trinajstić information content (AvgIpc) is 3.23. The smallest absolute Gasteiger partial charge is 0.434 e. The molecule has 0 aromatic heterocycles. The summed E-state index contributed by atoms with van der Waals surface area (Å²) in [6.45, 7) is 2.43. The molecule has 1 saturated carbocycles. The number of hydrogen-bond acceptors (Lipinski definition) is 9. The summed E-state index contributed by atoms with van der Waals surface area (Å²) in [5.41, 5.74) is 1.13. The van der Waals surface area contributed by atoms with Crippen molar-refractivity contribution in [3.05, 3.63) is 70.3 Å². The van der Waals surface area contributed by atoms with E-state index in [-0.39, 0.29) is 37.4 Å². The molecule has 0 saturated heterocycles. The van der Waals surface area contributed by atoms with Crippen LogP contribution in [0.2, 0.25) is 0 Å². The van der Waals surface area contributed by atoms with Crippen LogP contribution in [-0.4, -0.2) is 65.4 Å². The number of hydrogen-bond donors (Lipinski definition) is 3. The number of aryl methyl sites for hydroxylation is 1. The number of unbranched alkanes of at least 4 members (excludes halogenated alkanes) is 2. The summed E-state index contributed by atoms with van der Waals surface area (Å²) >= 11 is 0. The highest BCUT2D eigenvalue weighted by molar-refractivity contribution is 5.75. The van der Waals surface area contributed by atoms with Crippen molar-refractivity contribution in [3.63, 3.8) is 0 Å². The van der Waals surface area contributed by atoms with Crippen molar-refractivity contribution >= 4 is 12.1 Å². The number of aliphatic hydroxyl groups excluding tert-OH is 2. The predicted molar refractivity (Wildman–Crippen MR) is 152 cm³/mol. The lowest BCUT2D eigenvalue weighted by atomic mass is 9.89. The molecule has 0 heterocycles. The van der Waals surface area contributed by atoms with E-state index < -0.39 is 29.6 Å². The fourth-order valence-electron chi connectivity index (χ4n) is 4.82. The maximum absolute atomic E-state index is 12.3. The molecule has 11 nitrogen and oxygen atoms in total. The van der Waals surface area contributed by atoms with Gasteiger partial charge in [-0.1, -0.05) is 54.6 Å². The van der Waals surface area contributed by atoms with Gasteiger partial charge in [0.05, 0.1) is 25.4 Å². The van der Waals surface area contributed by atoms with Crippen LogP contribution < -0.4 is 5.32 Å². The van der Waals surface area contributed by atoms with E-state index in [1.54, 1.807) is 6.08 Å². The van der Waals surface area contributed by atoms with Gasteiger partial charge in [0, 0.05) is 25.3 Å². The zero-order valence-electron chi connectivity index (χ0n) is 23.8. The number of carbonyl (C=O) groups excluding carboxylic acids is 2. The topological polar surface area (TPSA) is 157 Å². The number of ether oxygens (including phenoxy) is 2. The predicted octanol–water partition coefficient (Wildman–Crippen LogP) is 4.30. The molecule has 1 amide bonds. The van der Waals surface area contributed by atoms with E-state index >= 15 is 0 Å². The maximum Gasteiger partial charge on any atom is 0.508 e. The number of aliphatic hydroxyl groups is 2. The first-order valence-corrected chi connectivity index (χ1v) is 14.4. The van der Waals surface area contributed by atoms with Gasteiger partial charge in [-0.2, -0.15) is 0 Å². The van der Waals surface area contributed by atoms with Crippen LogP contribution in [-0.2, 0) is 25.5 Å². The van der Waals surface area contributed by atoms with E-state index in [1.165, 1.54) is 0 Å². The van der Waals surface area contributed by atoms with Gasteiger partial charge < -0.3 is 29.8 Å². The highest BCUT2D eigenvalue weighted by Crippen LogP contribution is 2.38. The van der Waals surface area contributed by atoms with Gasteiger partial charge in [-0.3, -0.25) is 4.79 Å². The molecule has 3 N–H and O–H groups in total. The summed E-state index contributed by atoms with van der Waals surface area (Å²) in [5.74, 6) is -0.540. The third kappa shape index (κ3) is 14.1. The zero-order chi connectivity index (χ0) is 29.9. The molecule has 5 atom stereocenters. The van der Waals surface area contributed by atoms with Crippen molar-refractivity contribution in [2.24, 2.45) is 11.8 Å². The minimum Gasteiger partial charge on any atom is -0.434 e. The molecule has 1 aliphatic rings. The Labute approximate surface area is 241 Å². The van der Waals surface area contributed by atoms with Crippen LogP contribution in [0.4, 0.5) is 4.79 Å². The number of amides is 1. The van der Waals surface area contributed by atoms with Crippen molar-refractivity contribution in [1.29, 1.82) is 0 Å². The Morgan fingerprint density at radius 1 is 1.17 bits per heavy atom. The Bertz CT molecular complexity index is 970. The molecule has 0 bridgehead atoms. The highest BCUT2D eigenvalue weighted by atomic mass is 16.9. The molecule has 41 heavy (non-hydrogen) atoms. The highest BCUT2D eigenvalue weighted by Gasteiger charge is 2.43. The minimum absolute atomic E-state index is 0.0241. The van der Waals surface area contributed by atoms with Crippen molar-refractivity contribution in [2.75, 3.05) is 19.8 Å². The summed E-state index contributed by atoms with van der Waals surface area (Å²) in [6, 6.07) is 9.87. The first kappa shape index (κ1) is 33.8. The van der Waals surface area contributed by atoms with E-state index in [1.807, 2.05) is 55.5 Å². The second kappa shape index (κ2) is 19.6. The molecule has 0 spiro atoms. The van der Waals surface area contributed by atoms with Crippen LogP contribution >= 0.6 is 0 Å². The molecule has 1 fully saturated rings. The minimum atomic E-state index is -0.873. The lowest BCUT2D eigenvalue weighted by molar-refractivity contribution is -0.757. The number of nitrogens with zero attached hydrogens (tertiary/aromatic N) is 1. The third-order valence-electron chi connectivity index (χ3n) is 6.95. The molecule has 1 aromatic rings. The quantitative estimate of drug-likeness (QED) is 0.0718. The molecule has 2 unspecified atom stereocenters. The second-order valence-electron chi connectivity index (χ2n) is 10.1.